The average Bonchev–Trinajstić information content (AvgIpc) is 3.47. The van der Waals surface area contributed by atoms with Crippen molar-refractivity contribution in [3.8, 4) is 0 Å². The van der Waals surface area contributed by atoms with Crippen molar-refractivity contribution in [1.29, 1.82) is 0 Å². The summed E-state index contributed by atoms with van der Waals surface area (Å²) in [4.78, 5) is 47.9. The van der Waals surface area contributed by atoms with Gasteiger partial charge in [-0.2, -0.15) is 0 Å². The molecule has 1 fully saturated rings. The second-order valence-corrected chi connectivity index (χ2v) is 10.2. The second-order valence-electron chi connectivity index (χ2n) is 10.2. The highest BCUT2D eigenvalue weighted by Gasteiger charge is 2.20. The van der Waals surface area contributed by atoms with Crippen LogP contribution in [0.15, 0.2) is 33.9 Å². The fraction of sp³-hybridized carbons (Fsp3) is 0.556. The van der Waals surface area contributed by atoms with Crippen LogP contribution in [-0.4, -0.2) is 43.0 Å². The van der Waals surface area contributed by atoms with E-state index in [1.807, 2.05) is 22.8 Å². The maximum atomic E-state index is 13.0. The monoisotopic (exact) mass is 494 g/mol. The molecule has 1 aliphatic rings. The van der Waals surface area contributed by atoms with Gasteiger partial charge in [-0.15, -0.1) is 0 Å². The van der Waals surface area contributed by atoms with E-state index in [0.717, 1.165) is 43.7 Å². The van der Waals surface area contributed by atoms with Crippen molar-refractivity contribution in [3.63, 3.8) is 0 Å². The van der Waals surface area contributed by atoms with Gasteiger partial charge < -0.3 is 9.88 Å². The van der Waals surface area contributed by atoms with Crippen molar-refractivity contribution < 1.29 is 4.79 Å². The Morgan fingerprint density at radius 1 is 1.14 bits per heavy atom. The van der Waals surface area contributed by atoms with E-state index in [0.29, 0.717) is 36.5 Å². The fourth-order valence-corrected chi connectivity index (χ4v) is 4.89. The molecule has 4 rings (SSSR count). The molecule has 1 aromatic carbocycles. The van der Waals surface area contributed by atoms with E-state index in [2.05, 4.69) is 42.0 Å². The molecule has 36 heavy (non-hydrogen) atoms. The molecule has 3 aromatic rings. The van der Waals surface area contributed by atoms with Gasteiger partial charge in [0.15, 0.2) is 11.2 Å². The third-order valence-electron chi connectivity index (χ3n) is 6.71. The summed E-state index contributed by atoms with van der Waals surface area (Å²) >= 11 is 0. The highest BCUT2D eigenvalue weighted by atomic mass is 16.2. The van der Waals surface area contributed by atoms with Crippen LogP contribution in [0.5, 0.6) is 0 Å². The lowest BCUT2D eigenvalue weighted by Gasteiger charge is -2.18. The number of anilines is 1. The number of carbonyl (C=O) groups is 1. The van der Waals surface area contributed by atoms with Crippen molar-refractivity contribution in [2.45, 2.75) is 78.9 Å². The van der Waals surface area contributed by atoms with Gasteiger partial charge in [0.1, 0.15) is 5.82 Å². The van der Waals surface area contributed by atoms with Crippen molar-refractivity contribution >= 4 is 22.8 Å². The van der Waals surface area contributed by atoms with E-state index in [9.17, 15) is 14.4 Å². The first kappa shape index (κ1) is 25.9. The van der Waals surface area contributed by atoms with Crippen molar-refractivity contribution in [2.75, 3.05) is 18.4 Å². The number of nitrogens with one attached hydrogen (secondary N) is 2. The van der Waals surface area contributed by atoms with Gasteiger partial charge in [-0.05, 0) is 49.9 Å². The van der Waals surface area contributed by atoms with Gasteiger partial charge in [0, 0.05) is 38.2 Å². The molecule has 0 aliphatic carbocycles. The summed E-state index contributed by atoms with van der Waals surface area (Å²) in [5, 5.41) is 3.08. The number of para-hydroxylation sites is 1. The standard InChI is InChI=1S/C27H38N6O3/c1-4-5-16-32-25-24(26(35)30-27(32)36)33(17-19(2)3)22(29-25)12-13-23(34)28-21-11-7-6-10-20(21)18-31-14-8-9-15-31/h6-7,10-11,19H,4-5,8-9,12-18H2,1-3H3,(H,28,34)(H,30,35,36). The Morgan fingerprint density at radius 2 is 1.89 bits per heavy atom. The summed E-state index contributed by atoms with van der Waals surface area (Å²) in [6.45, 7) is 10.3. The highest BCUT2D eigenvalue weighted by molar-refractivity contribution is 5.91. The Bertz CT molecular complexity index is 1310. The molecule has 0 atom stereocenters. The number of aryl methyl sites for hydroxylation is 2. The minimum Gasteiger partial charge on any atom is -0.326 e. The molecule has 0 spiro atoms. The largest absolute Gasteiger partial charge is 0.330 e. The number of H-pyrrole nitrogens is 1. The minimum absolute atomic E-state index is 0.0932. The number of amides is 1. The molecule has 3 heterocycles. The Hall–Kier alpha value is -3.20. The number of rotatable bonds is 11. The second kappa shape index (κ2) is 11.7. The summed E-state index contributed by atoms with van der Waals surface area (Å²) in [6, 6.07) is 7.96. The molecule has 0 unspecified atom stereocenters. The zero-order valence-electron chi connectivity index (χ0n) is 21.7. The lowest BCUT2D eigenvalue weighted by Crippen LogP contribution is -2.31. The van der Waals surface area contributed by atoms with E-state index in [4.69, 9.17) is 4.98 Å². The van der Waals surface area contributed by atoms with Crippen LogP contribution >= 0.6 is 0 Å². The molecule has 1 aliphatic heterocycles. The predicted molar refractivity (Wildman–Crippen MR) is 142 cm³/mol. The van der Waals surface area contributed by atoms with Crippen LogP contribution in [0.2, 0.25) is 0 Å². The van der Waals surface area contributed by atoms with Crippen molar-refractivity contribution in [3.05, 3.63) is 56.5 Å². The SMILES string of the molecule is CCCCn1c(=O)[nH]c(=O)c2c1nc(CCC(=O)Nc1ccccc1CN1CCCC1)n2CC(C)C. The number of hydrogen-bond acceptors (Lipinski definition) is 5. The van der Waals surface area contributed by atoms with Gasteiger partial charge in [-0.1, -0.05) is 45.4 Å². The molecule has 0 bridgehead atoms. The van der Waals surface area contributed by atoms with E-state index in [1.54, 1.807) is 4.57 Å². The molecule has 2 N–H and O–H groups in total. The molecule has 9 heteroatoms. The molecule has 9 nitrogen and oxygen atoms in total. The molecule has 194 valence electrons. The van der Waals surface area contributed by atoms with Gasteiger partial charge in [-0.25, -0.2) is 9.78 Å². The maximum absolute atomic E-state index is 13.0. The van der Waals surface area contributed by atoms with Crippen LogP contribution in [0.3, 0.4) is 0 Å². The number of aromatic nitrogens is 4. The van der Waals surface area contributed by atoms with E-state index in [-0.39, 0.29) is 18.2 Å². The molecular formula is C27H38N6O3. The highest BCUT2D eigenvalue weighted by Crippen LogP contribution is 2.21. The van der Waals surface area contributed by atoms with Crippen LogP contribution in [-0.2, 0) is 30.8 Å². The third kappa shape index (κ3) is 5.95. The minimum atomic E-state index is -0.436. The summed E-state index contributed by atoms with van der Waals surface area (Å²) in [7, 11) is 0. The van der Waals surface area contributed by atoms with Crippen LogP contribution in [0, 0.1) is 5.92 Å². The van der Waals surface area contributed by atoms with Gasteiger partial charge in [0.2, 0.25) is 5.91 Å². The number of carbonyl (C=O) groups excluding carboxylic acids is 1. The number of nitrogens with zero attached hydrogens (tertiary/aromatic N) is 4. The number of hydrogen-bond donors (Lipinski definition) is 2. The lowest BCUT2D eigenvalue weighted by atomic mass is 10.1. The molecule has 1 saturated heterocycles. The Labute approximate surface area is 211 Å². The van der Waals surface area contributed by atoms with Gasteiger partial charge in [0.05, 0.1) is 0 Å². The smallest absolute Gasteiger partial charge is 0.326 e. The maximum Gasteiger partial charge on any atom is 0.330 e. The van der Waals surface area contributed by atoms with Crippen LogP contribution in [0.4, 0.5) is 5.69 Å². The first-order chi connectivity index (χ1) is 17.4. The third-order valence-corrected chi connectivity index (χ3v) is 6.71. The number of benzene rings is 1. The van der Waals surface area contributed by atoms with Crippen LogP contribution in [0.25, 0.3) is 11.2 Å². The van der Waals surface area contributed by atoms with E-state index in [1.165, 1.54) is 12.8 Å². The summed E-state index contributed by atoms with van der Waals surface area (Å²) in [6.07, 6.45) is 4.79. The normalized spacial score (nSPS) is 14.2. The Kier molecular flexibility index (Phi) is 8.40. The zero-order chi connectivity index (χ0) is 25.7. The van der Waals surface area contributed by atoms with E-state index >= 15 is 0 Å². The van der Waals surface area contributed by atoms with Gasteiger partial charge in [-0.3, -0.25) is 24.0 Å². The molecular weight excluding hydrogens is 456 g/mol. The average molecular weight is 495 g/mol. The Balaban J connectivity index is 1.56. The van der Waals surface area contributed by atoms with Crippen molar-refractivity contribution in [2.24, 2.45) is 5.92 Å². The number of fused-ring (bicyclic) bond motifs is 1. The topological polar surface area (TPSA) is 105 Å². The first-order valence-corrected chi connectivity index (χ1v) is 13.2. The van der Waals surface area contributed by atoms with Crippen LogP contribution < -0.4 is 16.6 Å². The number of likely N-dealkylation sites (tertiary alicyclic amines) is 1. The summed E-state index contributed by atoms with van der Waals surface area (Å²) < 4.78 is 3.44. The predicted octanol–water partition coefficient (Wildman–Crippen LogP) is 3.51. The Morgan fingerprint density at radius 3 is 2.61 bits per heavy atom. The van der Waals surface area contributed by atoms with Gasteiger partial charge in [0.25, 0.3) is 5.56 Å². The van der Waals surface area contributed by atoms with Crippen LogP contribution in [0.1, 0.15) is 64.3 Å². The lowest BCUT2D eigenvalue weighted by molar-refractivity contribution is -0.116. The zero-order valence-corrected chi connectivity index (χ0v) is 21.7. The fourth-order valence-electron chi connectivity index (χ4n) is 4.89. The van der Waals surface area contributed by atoms with E-state index < -0.39 is 11.2 Å². The number of imidazole rings is 1. The summed E-state index contributed by atoms with van der Waals surface area (Å²) in [5.74, 6) is 0.827. The first-order valence-electron chi connectivity index (χ1n) is 13.2. The quantitative estimate of drug-likeness (QED) is 0.424. The molecule has 2 aromatic heterocycles. The molecule has 0 radical (unpaired) electrons. The molecule has 0 saturated carbocycles. The summed E-state index contributed by atoms with van der Waals surface area (Å²) in [5.41, 5.74) is 1.91. The van der Waals surface area contributed by atoms with Gasteiger partial charge >= 0.3 is 5.69 Å². The molecule has 1 amide bonds. The number of aromatic amines is 1. The number of unbranched alkanes of at least 4 members (excludes halogenated alkanes) is 1. The van der Waals surface area contributed by atoms with Crippen molar-refractivity contribution in [1.82, 2.24) is 24.0 Å².